The summed E-state index contributed by atoms with van der Waals surface area (Å²) in [6.07, 6.45) is -6.84. The summed E-state index contributed by atoms with van der Waals surface area (Å²) in [6, 6.07) is 0. The summed E-state index contributed by atoms with van der Waals surface area (Å²) in [6.45, 7) is -0.760. The summed E-state index contributed by atoms with van der Waals surface area (Å²) in [4.78, 5) is 9.90. The lowest BCUT2D eigenvalue weighted by Crippen LogP contribution is -2.46. The van der Waals surface area contributed by atoms with Gasteiger partial charge >= 0.3 is 0 Å². The number of aliphatic hydroxyl groups is 5. The predicted molar refractivity (Wildman–Crippen MR) is 37.2 cm³/mol. The lowest BCUT2D eigenvalue weighted by Gasteiger charge is -2.22. The van der Waals surface area contributed by atoms with E-state index in [2.05, 4.69) is 0 Å². The normalized spacial score (nSPS) is 21.1. The lowest BCUT2D eigenvalue weighted by atomic mass is 10.2. The van der Waals surface area contributed by atoms with Crippen molar-refractivity contribution in [2.24, 2.45) is 0 Å². The average Bonchev–Trinajstić information content (AvgIpc) is 2.12. The van der Waals surface area contributed by atoms with E-state index in [4.69, 9.17) is 25.5 Å². The van der Waals surface area contributed by atoms with Crippen molar-refractivity contribution in [3.63, 3.8) is 0 Å². The van der Waals surface area contributed by atoms with E-state index < -0.39 is 31.0 Å². The average molecular weight is 181 g/mol. The SMILES string of the molecule is O=C[C@H](O)[13C@H](O)[C@H](O)[C@H](O)CO. The van der Waals surface area contributed by atoms with Crippen LogP contribution < -0.4 is 0 Å². The zero-order valence-corrected chi connectivity index (χ0v) is 6.24. The van der Waals surface area contributed by atoms with Crippen molar-refractivity contribution in [3.8, 4) is 0 Å². The van der Waals surface area contributed by atoms with Gasteiger partial charge in [0, 0.05) is 0 Å². The molecule has 0 fully saturated rings. The van der Waals surface area contributed by atoms with Gasteiger partial charge in [0.05, 0.1) is 6.61 Å². The van der Waals surface area contributed by atoms with E-state index in [1.807, 2.05) is 0 Å². The molecule has 0 bridgehead atoms. The molecule has 0 heterocycles. The molecular formula is C6H12O6. The second-order valence-electron chi connectivity index (χ2n) is 2.36. The van der Waals surface area contributed by atoms with Crippen LogP contribution in [0.15, 0.2) is 0 Å². The largest absolute Gasteiger partial charge is 0.394 e. The number of aldehydes is 1. The number of carbonyl (C=O) groups is 1. The smallest absolute Gasteiger partial charge is 0.151 e. The number of hydrogen-bond acceptors (Lipinski definition) is 6. The van der Waals surface area contributed by atoms with E-state index in [0.29, 0.717) is 0 Å². The first-order chi connectivity index (χ1) is 5.54. The monoisotopic (exact) mass is 181 g/mol. The van der Waals surface area contributed by atoms with Gasteiger partial charge in [0.1, 0.15) is 24.4 Å². The van der Waals surface area contributed by atoms with Gasteiger partial charge in [-0.25, -0.2) is 0 Å². The highest BCUT2D eigenvalue weighted by molar-refractivity contribution is 5.56. The van der Waals surface area contributed by atoms with Gasteiger partial charge in [0.15, 0.2) is 6.29 Å². The third-order valence-electron chi connectivity index (χ3n) is 1.42. The molecule has 0 spiro atoms. The Labute approximate surface area is 68.7 Å². The van der Waals surface area contributed by atoms with Crippen LogP contribution in [0.2, 0.25) is 0 Å². The predicted octanol–water partition coefficient (Wildman–Crippen LogP) is -3.38. The van der Waals surface area contributed by atoms with E-state index in [9.17, 15) is 4.79 Å². The highest BCUT2D eigenvalue weighted by Crippen LogP contribution is 2.02. The summed E-state index contributed by atoms with van der Waals surface area (Å²) in [5.74, 6) is 0. The molecule has 0 aliphatic heterocycles. The topological polar surface area (TPSA) is 118 Å². The van der Waals surface area contributed by atoms with Gasteiger partial charge in [-0.05, 0) is 0 Å². The van der Waals surface area contributed by atoms with Crippen LogP contribution in [0.25, 0.3) is 0 Å². The summed E-state index contributed by atoms with van der Waals surface area (Å²) < 4.78 is 0. The molecule has 0 aliphatic carbocycles. The second-order valence-corrected chi connectivity index (χ2v) is 2.36. The third-order valence-corrected chi connectivity index (χ3v) is 1.42. The van der Waals surface area contributed by atoms with E-state index >= 15 is 0 Å². The number of hydrogen-bond donors (Lipinski definition) is 5. The molecule has 72 valence electrons. The highest BCUT2D eigenvalue weighted by Gasteiger charge is 2.29. The van der Waals surface area contributed by atoms with Crippen molar-refractivity contribution < 1.29 is 30.3 Å². The maximum Gasteiger partial charge on any atom is 0.151 e. The van der Waals surface area contributed by atoms with Gasteiger partial charge in [0.2, 0.25) is 0 Å². The summed E-state index contributed by atoms with van der Waals surface area (Å²) >= 11 is 0. The van der Waals surface area contributed by atoms with Crippen LogP contribution in [-0.2, 0) is 4.79 Å². The fourth-order valence-electron chi connectivity index (χ4n) is 0.618. The highest BCUT2D eigenvalue weighted by atomic mass is 16.4. The second kappa shape index (κ2) is 5.18. The lowest BCUT2D eigenvalue weighted by molar-refractivity contribution is -0.136. The third kappa shape index (κ3) is 2.84. The molecule has 0 aromatic heterocycles. The first-order valence-electron chi connectivity index (χ1n) is 3.33. The Morgan fingerprint density at radius 3 is 1.92 bits per heavy atom. The van der Waals surface area contributed by atoms with Crippen LogP contribution >= 0.6 is 0 Å². The molecule has 0 radical (unpaired) electrons. The van der Waals surface area contributed by atoms with Crippen molar-refractivity contribution >= 4 is 6.29 Å². The Morgan fingerprint density at radius 1 is 1.08 bits per heavy atom. The quantitative estimate of drug-likeness (QED) is 0.223. The molecule has 6 nitrogen and oxygen atoms in total. The first-order valence-corrected chi connectivity index (χ1v) is 3.33. The van der Waals surface area contributed by atoms with Gasteiger partial charge in [0.25, 0.3) is 0 Å². The van der Waals surface area contributed by atoms with Crippen LogP contribution in [-0.4, -0.2) is 62.8 Å². The molecule has 6 heteroatoms. The van der Waals surface area contributed by atoms with Gasteiger partial charge in [-0.3, -0.25) is 0 Å². The standard InChI is InChI=1S/C6H12O6/c7-1-3(9)5(11)6(12)4(10)2-8/h1,3-6,8-12H,2H2/t3-,4+,5-,6+/m0/s1/i5+1. The van der Waals surface area contributed by atoms with Gasteiger partial charge in [-0.1, -0.05) is 0 Å². The zero-order chi connectivity index (χ0) is 9.72. The van der Waals surface area contributed by atoms with Crippen molar-refractivity contribution in [3.05, 3.63) is 0 Å². The Morgan fingerprint density at radius 2 is 1.58 bits per heavy atom. The Hall–Kier alpha value is -0.530. The van der Waals surface area contributed by atoms with Crippen LogP contribution in [0.5, 0.6) is 0 Å². The van der Waals surface area contributed by atoms with Crippen molar-refractivity contribution in [2.75, 3.05) is 6.61 Å². The maximum atomic E-state index is 9.90. The van der Waals surface area contributed by atoms with Crippen molar-refractivity contribution in [2.45, 2.75) is 24.4 Å². The maximum absolute atomic E-state index is 9.90. The van der Waals surface area contributed by atoms with E-state index in [0.717, 1.165) is 0 Å². The zero-order valence-electron chi connectivity index (χ0n) is 6.24. The fraction of sp³-hybridized carbons (Fsp3) is 0.833. The van der Waals surface area contributed by atoms with Gasteiger partial charge in [-0.2, -0.15) is 0 Å². The first kappa shape index (κ1) is 11.5. The fourth-order valence-corrected chi connectivity index (χ4v) is 0.618. The van der Waals surface area contributed by atoms with Crippen molar-refractivity contribution in [1.82, 2.24) is 0 Å². The molecule has 0 amide bonds. The summed E-state index contributed by atoms with van der Waals surface area (Å²) in [5.41, 5.74) is 0. The molecule has 0 aliphatic rings. The molecule has 5 N–H and O–H groups in total. The van der Waals surface area contributed by atoms with Crippen LogP contribution in [0.3, 0.4) is 0 Å². The Bertz CT molecular complexity index is 138. The van der Waals surface area contributed by atoms with Gasteiger partial charge < -0.3 is 30.3 Å². The van der Waals surface area contributed by atoms with E-state index in [1.54, 1.807) is 0 Å². The van der Waals surface area contributed by atoms with E-state index in [-0.39, 0.29) is 6.29 Å². The summed E-state index contributed by atoms with van der Waals surface area (Å²) in [5, 5.41) is 43.5. The minimum atomic E-state index is -1.79. The molecule has 0 rings (SSSR count). The molecule has 0 saturated carbocycles. The molecule has 0 unspecified atom stereocenters. The number of aliphatic hydroxyl groups excluding tert-OH is 5. The number of carbonyl (C=O) groups excluding carboxylic acids is 1. The number of rotatable bonds is 5. The van der Waals surface area contributed by atoms with E-state index in [1.165, 1.54) is 0 Å². The minimum Gasteiger partial charge on any atom is -0.394 e. The van der Waals surface area contributed by atoms with Crippen LogP contribution in [0.1, 0.15) is 0 Å². The molecular weight excluding hydrogens is 169 g/mol. The summed E-state index contributed by atoms with van der Waals surface area (Å²) in [7, 11) is 0. The van der Waals surface area contributed by atoms with Gasteiger partial charge in [-0.15, -0.1) is 0 Å². The molecule has 0 aromatic rings. The van der Waals surface area contributed by atoms with Crippen LogP contribution in [0, 0.1) is 0 Å². The molecule has 0 aromatic carbocycles. The molecule has 12 heavy (non-hydrogen) atoms. The van der Waals surface area contributed by atoms with Crippen LogP contribution in [0.4, 0.5) is 0 Å². The molecule has 4 atom stereocenters. The Kier molecular flexibility index (Phi) is 4.95. The molecule has 0 saturated heterocycles. The van der Waals surface area contributed by atoms with Crippen molar-refractivity contribution in [1.29, 1.82) is 0 Å². The minimum absolute atomic E-state index is 0.0258. The Balaban J connectivity index is 4.07.